The molecule has 2 aromatic heterocycles. The fraction of sp³-hybridized carbons (Fsp3) is 0.267. The van der Waals surface area contributed by atoms with Gasteiger partial charge in [-0.3, -0.25) is 25.9 Å². The molecule has 108 valence electrons. The summed E-state index contributed by atoms with van der Waals surface area (Å²) in [5.74, 6) is 5.76. The Morgan fingerprint density at radius 3 is 2.90 bits per heavy atom. The SMILES string of the molecule is CCn1cc(CC(NN)c2cccc3nccnc23)cn1. The Labute approximate surface area is 123 Å². The van der Waals surface area contributed by atoms with Gasteiger partial charge in [0.15, 0.2) is 0 Å². The first-order valence-electron chi connectivity index (χ1n) is 6.99. The predicted molar refractivity (Wildman–Crippen MR) is 81.2 cm³/mol. The smallest absolute Gasteiger partial charge is 0.0935 e. The van der Waals surface area contributed by atoms with Crippen LogP contribution in [0.4, 0.5) is 0 Å². The summed E-state index contributed by atoms with van der Waals surface area (Å²) in [5, 5.41) is 4.30. The summed E-state index contributed by atoms with van der Waals surface area (Å²) in [4.78, 5) is 8.77. The molecule has 0 bridgehead atoms. The number of hydrazine groups is 1. The minimum atomic E-state index is -0.0279. The molecular formula is C15H18N6. The van der Waals surface area contributed by atoms with Gasteiger partial charge < -0.3 is 0 Å². The third-order valence-corrected chi connectivity index (χ3v) is 3.56. The van der Waals surface area contributed by atoms with Crippen LogP contribution in [0.3, 0.4) is 0 Å². The standard InChI is InChI=1S/C15H18N6/c1-2-21-10-11(9-19-21)8-14(20-16)12-4-3-5-13-15(12)18-7-6-17-13/h3-7,9-10,14,20H,2,8,16H2,1H3. The number of benzene rings is 1. The summed E-state index contributed by atoms with van der Waals surface area (Å²) in [6.45, 7) is 2.93. The van der Waals surface area contributed by atoms with Crippen LogP contribution in [0.25, 0.3) is 11.0 Å². The van der Waals surface area contributed by atoms with E-state index in [1.165, 1.54) is 0 Å². The van der Waals surface area contributed by atoms with E-state index in [2.05, 4.69) is 27.4 Å². The molecule has 1 aromatic carbocycles. The number of nitrogens with two attached hydrogens (primary N) is 1. The fourth-order valence-electron chi connectivity index (χ4n) is 2.48. The summed E-state index contributed by atoms with van der Waals surface area (Å²) in [6, 6.07) is 5.94. The number of para-hydroxylation sites is 1. The third kappa shape index (κ3) is 2.76. The molecule has 0 aliphatic heterocycles. The van der Waals surface area contributed by atoms with E-state index in [1.54, 1.807) is 12.4 Å². The van der Waals surface area contributed by atoms with E-state index in [9.17, 15) is 0 Å². The molecular weight excluding hydrogens is 264 g/mol. The van der Waals surface area contributed by atoms with Crippen molar-refractivity contribution in [1.82, 2.24) is 25.2 Å². The second-order valence-corrected chi connectivity index (χ2v) is 4.90. The van der Waals surface area contributed by atoms with Crippen LogP contribution in [0, 0.1) is 0 Å². The van der Waals surface area contributed by atoms with Crippen molar-refractivity contribution < 1.29 is 0 Å². The van der Waals surface area contributed by atoms with Crippen molar-refractivity contribution in [3.8, 4) is 0 Å². The molecule has 0 spiro atoms. The average Bonchev–Trinajstić information content (AvgIpc) is 3.00. The van der Waals surface area contributed by atoms with Gasteiger partial charge in [-0.1, -0.05) is 12.1 Å². The van der Waals surface area contributed by atoms with Crippen LogP contribution in [0.5, 0.6) is 0 Å². The Kier molecular flexibility index (Phi) is 3.89. The monoisotopic (exact) mass is 282 g/mol. The third-order valence-electron chi connectivity index (χ3n) is 3.56. The van der Waals surface area contributed by atoms with Crippen molar-refractivity contribution in [2.75, 3.05) is 0 Å². The molecule has 3 aromatic rings. The van der Waals surface area contributed by atoms with Crippen LogP contribution in [0.1, 0.15) is 24.1 Å². The Morgan fingerprint density at radius 2 is 2.14 bits per heavy atom. The van der Waals surface area contributed by atoms with Crippen LogP contribution in [0.15, 0.2) is 43.0 Å². The molecule has 1 unspecified atom stereocenters. The number of hydrogen-bond acceptors (Lipinski definition) is 5. The van der Waals surface area contributed by atoms with Crippen LogP contribution < -0.4 is 11.3 Å². The molecule has 3 N–H and O–H groups in total. The van der Waals surface area contributed by atoms with E-state index >= 15 is 0 Å². The second-order valence-electron chi connectivity index (χ2n) is 4.90. The Balaban J connectivity index is 1.94. The highest BCUT2D eigenvalue weighted by Gasteiger charge is 2.15. The largest absolute Gasteiger partial charge is 0.273 e. The lowest BCUT2D eigenvalue weighted by Crippen LogP contribution is -2.29. The van der Waals surface area contributed by atoms with Crippen molar-refractivity contribution in [2.45, 2.75) is 25.9 Å². The molecule has 2 heterocycles. The van der Waals surface area contributed by atoms with E-state index in [-0.39, 0.29) is 6.04 Å². The van der Waals surface area contributed by atoms with Crippen LogP contribution in [-0.4, -0.2) is 19.7 Å². The molecule has 1 atom stereocenters. The van der Waals surface area contributed by atoms with E-state index < -0.39 is 0 Å². The highest BCUT2D eigenvalue weighted by Crippen LogP contribution is 2.23. The molecule has 6 nitrogen and oxygen atoms in total. The van der Waals surface area contributed by atoms with Crippen molar-refractivity contribution in [2.24, 2.45) is 5.84 Å². The normalized spacial score (nSPS) is 12.7. The van der Waals surface area contributed by atoms with Gasteiger partial charge in [0, 0.05) is 25.1 Å². The van der Waals surface area contributed by atoms with Crippen LogP contribution in [0.2, 0.25) is 0 Å². The van der Waals surface area contributed by atoms with Gasteiger partial charge in [-0.15, -0.1) is 0 Å². The summed E-state index contributed by atoms with van der Waals surface area (Å²) in [7, 11) is 0. The fourth-order valence-corrected chi connectivity index (χ4v) is 2.48. The first kappa shape index (κ1) is 13.7. The molecule has 0 radical (unpaired) electrons. The van der Waals surface area contributed by atoms with Crippen molar-refractivity contribution in [3.05, 3.63) is 54.1 Å². The van der Waals surface area contributed by atoms with E-state index in [0.29, 0.717) is 0 Å². The molecule has 6 heteroatoms. The highest BCUT2D eigenvalue weighted by atomic mass is 15.3. The molecule has 21 heavy (non-hydrogen) atoms. The van der Waals surface area contributed by atoms with Crippen LogP contribution >= 0.6 is 0 Å². The molecule has 0 saturated heterocycles. The van der Waals surface area contributed by atoms with Gasteiger partial charge in [-0.2, -0.15) is 5.10 Å². The molecule has 0 aliphatic rings. The summed E-state index contributed by atoms with van der Waals surface area (Å²) >= 11 is 0. The molecule has 0 aliphatic carbocycles. The van der Waals surface area contributed by atoms with Crippen LogP contribution in [-0.2, 0) is 13.0 Å². The van der Waals surface area contributed by atoms with Gasteiger partial charge in [0.25, 0.3) is 0 Å². The maximum Gasteiger partial charge on any atom is 0.0935 e. The Hall–Kier alpha value is -2.31. The first-order valence-corrected chi connectivity index (χ1v) is 6.99. The maximum absolute atomic E-state index is 5.76. The first-order chi connectivity index (χ1) is 10.3. The van der Waals surface area contributed by atoms with Gasteiger partial charge in [-0.05, 0) is 30.5 Å². The number of nitrogens with one attached hydrogen (secondary N) is 1. The number of nitrogens with zero attached hydrogens (tertiary/aromatic N) is 4. The zero-order chi connectivity index (χ0) is 14.7. The zero-order valence-corrected chi connectivity index (χ0v) is 11.9. The lowest BCUT2D eigenvalue weighted by atomic mass is 10.00. The topological polar surface area (TPSA) is 81.7 Å². The minimum absolute atomic E-state index is 0.0279. The number of hydrogen-bond donors (Lipinski definition) is 2. The molecule has 3 rings (SSSR count). The molecule has 0 saturated carbocycles. The lowest BCUT2D eigenvalue weighted by molar-refractivity contribution is 0.554. The lowest BCUT2D eigenvalue weighted by Gasteiger charge is -2.16. The van der Waals surface area contributed by atoms with Crippen molar-refractivity contribution in [3.63, 3.8) is 0 Å². The van der Waals surface area contributed by atoms with Crippen molar-refractivity contribution >= 4 is 11.0 Å². The van der Waals surface area contributed by atoms with Gasteiger partial charge in [-0.25, -0.2) is 0 Å². The number of aryl methyl sites for hydroxylation is 1. The highest BCUT2D eigenvalue weighted by molar-refractivity contribution is 5.78. The molecule has 0 fully saturated rings. The van der Waals surface area contributed by atoms with E-state index in [0.717, 1.165) is 35.1 Å². The van der Waals surface area contributed by atoms with Gasteiger partial charge >= 0.3 is 0 Å². The van der Waals surface area contributed by atoms with E-state index in [4.69, 9.17) is 5.84 Å². The summed E-state index contributed by atoms with van der Waals surface area (Å²) < 4.78 is 1.91. The van der Waals surface area contributed by atoms with Gasteiger partial charge in [0.05, 0.1) is 23.3 Å². The Bertz CT molecular complexity index is 730. The number of aromatic nitrogens is 4. The van der Waals surface area contributed by atoms with Gasteiger partial charge in [0.1, 0.15) is 0 Å². The summed E-state index contributed by atoms with van der Waals surface area (Å²) in [5.41, 5.74) is 6.82. The minimum Gasteiger partial charge on any atom is -0.273 e. The van der Waals surface area contributed by atoms with E-state index in [1.807, 2.05) is 35.3 Å². The van der Waals surface area contributed by atoms with Crippen molar-refractivity contribution in [1.29, 1.82) is 0 Å². The molecule has 0 amide bonds. The summed E-state index contributed by atoms with van der Waals surface area (Å²) in [6.07, 6.45) is 8.08. The predicted octanol–water partition coefficient (Wildman–Crippen LogP) is 1.59. The Morgan fingerprint density at radius 1 is 1.29 bits per heavy atom. The second kappa shape index (κ2) is 5.99. The quantitative estimate of drug-likeness (QED) is 0.548. The number of rotatable bonds is 5. The van der Waals surface area contributed by atoms with Gasteiger partial charge in [0.2, 0.25) is 0 Å². The average molecular weight is 282 g/mol. The number of fused-ring (bicyclic) bond motifs is 1. The zero-order valence-electron chi connectivity index (χ0n) is 11.9. The maximum atomic E-state index is 5.76.